The maximum absolute atomic E-state index is 5.49. The maximum atomic E-state index is 5.49. The Bertz CT molecular complexity index is 360. The average Bonchev–Trinajstić information content (AvgIpc) is 2.57. The van der Waals surface area contributed by atoms with E-state index >= 15 is 0 Å². The summed E-state index contributed by atoms with van der Waals surface area (Å²) in [6.45, 7) is 12.4. The van der Waals surface area contributed by atoms with E-state index in [4.69, 9.17) is 16.2 Å². The van der Waals surface area contributed by atoms with Crippen molar-refractivity contribution in [3.8, 4) is 12.3 Å². The maximum Gasteiger partial charge on any atom is 0.192 e. The first-order valence-corrected chi connectivity index (χ1v) is 8.54. The number of terminal acetylenes is 1. The molecule has 1 rings (SSSR count). The van der Waals surface area contributed by atoms with E-state index in [-0.39, 0.29) is 24.0 Å². The highest BCUT2D eigenvalue weighted by atomic mass is 127. The van der Waals surface area contributed by atoms with Gasteiger partial charge in [0.05, 0.1) is 26.3 Å². The quantitative estimate of drug-likeness (QED) is 0.264. The summed E-state index contributed by atoms with van der Waals surface area (Å²) in [5, 5.41) is 6.41. The fourth-order valence-corrected chi connectivity index (χ4v) is 2.97. The molecule has 0 radical (unpaired) electrons. The molecule has 0 aromatic rings. The van der Waals surface area contributed by atoms with Gasteiger partial charge in [0, 0.05) is 25.7 Å². The van der Waals surface area contributed by atoms with E-state index in [0.29, 0.717) is 18.5 Å². The molecule has 1 fully saturated rings. The Kier molecular flexibility index (Phi) is 13.6. The Balaban J connectivity index is 0.00000484. The molecule has 134 valence electrons. The van der Waals surface area contributed by atoms with Gasteiger partial charge in [-0.25, -0.2) is 0 Å². The van der Waals surface area contributed by atoms with Crippen LogP contribution in [-0.4, -0.2) is 62.8 Å². The number of morpholine rings is 1. The number of ether oxygens (including phenoxy) is 1. The van der Waals surface area contributed by atoms with Crippen molar-refractivity contribution in [2.75, 3.05) is 45.9 Å². The van der Waals surface area contributed by atoms with Crippen LogP contribution in [0.2, 0.25) is 0 Å². The first-order valence-electron chi connectivity index (χ1n) is 8.54. The lowest BCUT2D eigenvalue weighted by Gasteiger charge is -2.38. The lowest BCUT2D eigenvalue weighted by atomic mass is 9.92. The van der Waals surface area contributed by atoms with E-state index in [1.807, 2.05) is 0 Å². The lowest BCUT2D eigenvalue weighted by molar-refractivity contribution is 0.00395. The monoisotopic (exact) mass is 436 g/mol. The Hall–Kier alpha value is -0.520. The van der Waals surface area contributed by atoms with Crippen molar-refractivity contribution in [3.63, 3.8) is 0 Å². The molecule has 0 amide bonds. The molecule has 5 nitrogen and oxygen atoms in total. The summed E-state index contributed by atoms with van der Waals surface area (Å²) in [6.07, 6.45) is 7.69. The fourth-order valence-electron chi connectivity index (χ4n) is 2.97. The van der Waals surface area contributed by atoms with Gasteiger partial charge in [0.1, 0.15) is 0 Å². The SMILES string of the molecule is C#CCNC(=NCC(C(CC)CC)N1CCOCC1)NCC.I. The van der Waals surface area contributed by atoms with Crippen LogP contribution in [0.25, 0.3) is 0 Å². The Labute approximate surface area is 159 Å². The Morgan fingerprint density at radius 2 is 1.87 bits per heavy atom. The molecule has 0 saturated carbocycles. The number of hydrogen-bond acceptors (Lipinski definition) is 3. The summed E-state index contributed by atoms with van der Waals surface area (Å²) in [6, 6.07) is 0.472. The normalized spacial score (nSPS) is 17.3. The second-order valence-corrected chi connectivity index (χ2v) is 5.57. The third-order valence-corrected chi connectivity index (χ3v) is 4.25. The molecule has 6 heteroatoms. The molecule has 1 saturated heterocycles. The number of guanidine groups is 1. The summed E-state index contributed by atoms with van der Waals surface area (Å²) >= 11 is 0. The van der Waals surface area contributed by atoms with Crippen molar-refractivity contribution < 1.29 is 4.74 Å². The summed E-state index contributed by atoms with van der Waals surface area (Å²) in [5.41, 5.74) is 0. The first kappa shape index (κ1) is 22.5. The zero-order valence-corrected chi connectivity index (χ0v) is 17.1. The van der Waals surface area contributed by atoms with Crippen molar-refractivity contribution >= 4 is 29.9 Å². The molecule has 0 aromatic heterocycles. The van der Waals surface area contributed by atoms with Crippen molar-refractivity contribution in [2.45, 2.75) is 39.7 Å². The van der Waals surface area contributed by atoms with Gasteiger partial charge in [-0.1, -0.05) is 32.6 Å². The Morgan fingerprint density at radius 3 is 2.39 bits per heavy atom. The molecule has 0 aliphatic carbocycles. The average molecular weight is 436 g/mol. The van der Waals surface area contributed by atoms with Gasteiger partial charge in [0.2, 0.25) is 0 Å². The number of hydrogen-bond donors (Lipinski definition) is 2. The second kappa shape index (κ2) is 13.9. The summed E-state index contributed by atoms with van der Waals surface area (Å²) in [4.78, 5) is 7.30. The number of rotatable bonds is 8. The third kappa shape index (κ3) is 8.23. The minimum absolute atomic E-state index is 0. The summed E-state index contributed by atoms with van der Waals surface area (Å²) in [5.74, 6) is 4.07. The number of nitrogens with one attached hydrogen (secondary N) is 2. The van der Waals surface area contributed by atoms with Gasteiger partial charge in [-0.15, -0.1) is 30.4 Å². The predicted octanol–water partition coefficient (Wildman–Crippen LogP) is 1.93. The van der Waals surface area contributed by atoms with Crippen molar-refractivity contribution in [3.05, 3.63) is 0 Å². The first-order chi connectivity index (χ1) is 10.8. The minimum atomic E-state index is 0. The second-order valence-electron chi connectivity index (χ2n) is 5.57. The molecular formula is C17H33IN4O. The topological polar surface area (TPSA) is 48.9 Å². The van der Waals surface area contributed by atoms with Gasteiger partial charge < -0.3 is 15.4 Å². The van der Waals surface area contributed by atoms with Crippen molar-refractivity contribution in [1.29, 1.82) is 0 Å². The summed E-state index contributed by atoms with van der Waals surface area (Å²) in [7, 11) is 0. The van der Waals surface area contributed by atoms with E-state index in [9.17, 15) is 0 Å². The molecule has 0 aromatic carbocycles. The lowest BCUT2D eigenvalue weighted by Crippen LogP contribution is -2.49. The number of halogens is 1. The van der Waals surface area contributed by atoms with E-state index < -0.39 is 0 Å². The molecule has 1 aliphatic rings. The molecule has 23 heavy (non-hydrogen) atoms. The van der Waals surface area contributed by atoms with E-state index in [1.54, 1.807) is 0 Å². The zero-order chi connectivity index (χ0) is 16.2. The minimum Gasteiger partial charge on any atom is -0.379 e. The molecule has 0 spiro atoms. The zero-order valence-electron chi connectivity index (χ0n) is 14.8. The smallest absolute Gasteiger partial charge is 0.192 e. The Morgan fingerprint density at radius 1 is 1.22 bits per heavy atom. The summed E-state index contributed by atoms with van der Waals surface area (Å²) < 4.78 is 5.49. The highest BCUT2D eigenvalue weighted by Gasteiger charge is 2.26. The van der Waals surface area contributed by atoms with Crippen LogP contribution in [0.4, 0.5) is 0 Å². The van der Waals surface area contributed by atoms with E-state index in [1.165, 1.54) is 12.8 Å². The number of nitrogens with zero attached hydrogens (tertiary/aromatic N) is 2. The standard InChI is InChI=1S/C17H32N4O.HI/c1-5-9-19-17(18-8-4)20-14-16(15(6-2)7-3)21-10-12-22-13-11-21;/h1,15-16H,6-14H2,2-4H3,(H2,18,19,20);1H. The van der Waals surface area contributed by atoms with Crippen molar-refractivity contribution in [1.82, 2.24) is 15.5 Å². The molecule has 2 N–H and O–H groups in total. The molecule has 1 aliphatic heterocycles. The van der Waals surface area contributed by atoms with Crippen LogP contribution in [-0.2, 0) is 4.74 Å². The fraction of sp³-hybridized carbons (Fsp3) is 0.824. The van der Waals surface area contributed by atoms with Crippen LogP contribution in [0.1, 0.15) is 33.6 Å². The van der Waals surface area contributed by atoms with Gasteiger partial charge in [0.15, 0.2) is 5.96 Å². The third-order valence-electron chi connectivity index (χ3n) is 4.25. The largest absolute Gasteiger partial charge is 0.379 e. The number of aliphatic imine (C=N–C) groups is 1. The molecule has 1 heterocycles. The highest BCUT2D eigenvalue weighted by Crippen LogP contribution is 2.20. The van der Waals surface area contributed by atoms with Crippen LogP contribution in [0.5, 0.6) is 0 Å². The van der Waals surface area contributed by atoms with Crippen LogP contribution in [0.3, 0.4) is 0 Å². The van der Waals surface area contributed by atoms with Crippen molar-refractivity contribution in [2.24, 2.45) is 10.9 Å². The molecule has 1 unspecified atom stereocenters. The molecule has 0 bridgehead atoms. The van der Waals surface area contributed by atoms with Gasteiger partial charge in [-0.3, -0.25) is 9.89 Å². The van der Waals surface area contributed by atoms with Crippen LogP contribution in [0.15, 0.2) is 4.99 Å². The van der Waals surface area contributed by atoms with Gasteiger partial charge in [-0.05, 0) is 12.8 Å². The van der Waals surface area contributed by atoms with Crippen LogP contribution < -0.4 is 10.6 Å². The van der Waals surface area contributed by atoms with E-state index in [0.717, 1.165) is 45.4 Å². The van der Waals surface area contributed by atoms with Gasteiger partial charge in [-0.2, -0.15) is 0 Å². The van der Waals surface area contributed by atoms with Gasteiger partial charge in [0.25, 0.3) is 0 Å². The molecule has 1 atom stereocenters. The van der Waals surface area contributed by atoms with E-state index in [2.05, 4.69) is 42.2 Å². The van der Waals surface area contributed by atoms with Crippen LogP contribution in [0, 0.1) is 18.3 Å². The highest BCUT2D eigenvalue weighted by molar-refractivity contribution is 14.0. The molecular weight excluding hydrogens is 403 g/mol. The predicted molar refractivity (Wildman–Crippen MR) is 108 cm³/mol. The van der Waals surface area contributed by atoms with Gasteiger partial charge >= 0.3 is 0 Å². The van der Waals surface area contributed by atoms with Crippen LogP contribution >= 0.6 is 24.0 Å².